The first-order chi connectivity index (χ1) is 14.9. The fraction of sp³-hybridized carbons (Fsp3) is 0.286. The van der Waals surface area contributed by atoms with Gasteiger partial charge < -0.3 is 20.5 Å². The van der Waals surface area contributed by atoms with Gasteiger partial charge in [-0.2, -0.15) is 0 Å². The van der Waals surface area contributed by atoms with Crippen molar-refractivity contribution in [3.8, 4) is 10.6 Å². The van der Waals surface area contributed by atoms with E-state index in [1.807, 2.05) is 0 Å². The van der Waals surface area contributed by atoms with E-state index in [1.54, 1.807) is 50.4 Å². The number of carboxylic acid groups (broad SMARTS) is 1. The lowest BCUT2D eigenvalue weighted by molar-refractivity contribution is -0.134. The van der Waals surface area contributed by atoms with Crippen LogP contribution in [-0.2, 0) is 14.3 Å². The van der Waals surface area contributed by atoms with Crippen molar-refractivity contribution in [1.29, 1.82) is 0 Å². The third-order valence-electron chi connectivity index (χ3n) is 3.79. The number of carbonyl (C=O) groups is 4. The molecule has 2 rings (SSSR count). The third kappa shape index (κ3) is 7.20. The monoisotopic (exact) mass is 460 g/mol. The topological polar surface area (TPSA) is 147 Å². The van der Waals surface area contributed by atoms with Crippen LogP contribution in [0.3, 0.4) is 0 Å². The molecule has 1 atom stereocenters. The van der Waals surface area contributed by atoms with Crippen LogP contribution in [0.15, 0.2) is 41.9 Å². The highest BCUT2D eigenvalue weighted by Gasteiger charge is 2.21. The minimum Gasteiger partial charge on any atom is -0.477 e. The van der Waals surface area contributed by atoms with Gasteiger partial charge in [-0.25, -0.2) is 14.6 Å². The number of nitrogens with zero attached hydrogens (tertiary/aromatic N) is 1. The Balaban J connectivity index is 1.98. The van der Waals surface area contributed by atoms with Crippen molar-refractivity contribution in [2.45, 2.75) is 39.3 Å². The second-order valence-electron chi connectivity index (χ2n) is 7.71. The van der Waals surface area contributed by atoms with Gasteiger partial charge in [0, 0.05) is 16.6 Å². The number of amides is 3. The average molecular weight is 461 g/mol. The molecule has 32 heavy (non-hydrogen) atoms. The zero-order chi connectivity index (χ0) is 24.1. The normalized spacial score (nSPS) is 11.8. The molecular weight excluding hydrogens is 436 g/mol. The molecule has 0 fully saturated rings. The summed E-state index contributed by atoms with van der Waals surface area (Å²) in [6.45, 7) is 9.92. The molecule has 0 saturated carbocycles. The Hall–Kier alpha value is -3.73. The molecule has 1 heterocycles. The van der Waals surface area contributed by atoms with Crippen molar-refractivity contribution in [2.75, 3.05) is 5.32 Å². The number of rotatable bonds is 7. The molecule has 1 aromatic heterocycles. The number of hydrogen-bond donors (Lipinski definition) is 4. The van der Waals surface area contributed by atoms with Crippen molar-refractivity contribution in [1.82, 2.24) is 15.6 Å². The van der Waals surface area contributed by atoms with Gasteiger partial charge in [0.15, 0.2) is 0 Å². The van der Waals surface area contributed by atoms with Gasteiger partial charge in [0.25, 0.3) is 5.91 Å². The molecule has 170 valence electrons. The zero-order valence-corrected chi connectivity index (χ0v) is 18.8. The summed E-state index contributed by atoms with van der Waals surface area (Å²) in [7, 11) is 0. The van der Waals surface area contributed by atoms with E-state index in [1.165, 1.54) is 18.3 Å². The van der Waals surface area contributed by atoms with Crippen molar-refractivity contribution in [2.24, 2.45) is 0 Å². The van der Waals surface area contributed by atoms with Crippen LogP contribution in [0, 0.1) is 0 Å². The largest absolute Gasteiger partial charge is 0.477 e. The van der Waals surface area contributed by atoms with Crippen LogP contribution in [0.2, 0.25) is 0 Å². The van der Waals surface area contributed by atoms with E-state index in [2.05, 4.69) is 27.5 Å². The standard InChI is InChI=1S/C21H24N4O6S/c1-11(16(26)23-12(2)19(28)29)22-17(27)15-10-32-18(25-15)13-6-8-14(9-7-13)24-20(30)31-21(3,4)5/h6-11H,2H2,1,3-5H3,(H,22,27)(H,23,26)(H,24,30)(H,28,29)/t11-/m0/s1. The lowest BCUT2D eigenvalue weighted by Crippen LogP contribution is -2.45. The SMILES string of the molecule is C=C(NC(=O)[C@H](C)NC(=O)c1csc(-c2ccc(NC(=O)OC(C)(C)C)cc2)n1)C(=O)O. The predicted molar refractivity (Wildman–Crippen MR) is 119 cm³/mol. The summed E-state index contributed by atoms with van der Waals surface area (Å²) >= 11 is 1.23. The molecule has 0 unspecified atom stereocenters. The first-order valence-electron chi connectivity index (χ1n) is 9.45. The number of benzene rings is 1. The molecule has 2 aromatic rings. The van der Waals surface area contributed by atoms with Gasteiger partial charge in [-0.15, -0.1) is 11.3 Å². The number of carbonyl (C=O) groups excluding carboxylic acids is 3. The molecule has 0 radical (unpaired) electrons. The number of carboxylic acids is 1. The molecule has 0 aliphatic rings. The number of thiazole rings is 1. The van der Waals surface area contributed by atoms with Gasteiger partial charge in [-0.05, 0) is 52.0 Å². The first kappa shape index (κ1) is 24.5. The van der Waals surface area contributed by atoms with Crippen molar-refractivity contribution >= 4 is 40.9 Å². The summed E-state index contributed by atoms with van der Waals surface area (Å²) in [6, 6.07) is 5.84. The number of ether oxygens (including phenoxy) is 1. The van der Waals surface area contributed by atoms with Gasteiger partial charge in [0.05, 0.1) is 0 Å². The summed E-state index contributed by atoms with van der Waals surface area (Å²) in [4.78, 5) is 51.1. The van der Waals surface area contributed by atoms with Crippen LogP contribution in [0.4, 0.5) is 10.5 Å². The zero-order valence-electron chi connectivity index (χ0n) is 18.0. The van der Waals surface area contributed by atoms with Gasteiger partial charge >= 0.3 is 12.1 Å². The highest BCUT2D eigenvalue weighted by atomic mass is 32.1. The van der Waals surface area contributed by atoms with E-state index in [0.29, 0.717) is 10.7 Å². The fourth-order valence-electron chi connectivity index (χ4n) is 2.27. The minimum atomic E-state index is -1.37. The number of anilines is 1. The molecule has 0 spiro atoms. The molecule has 0 bridgehead atoms. The maximum Gasteiger partial charge on any atom is 0.412 e. The van der Waals surface area contributed by atoms with Crippen LogP contribution >= 0.6 is 11.3 Å². The lowest BCUT2D eigenvalue weighted by Gasteiger charge is -2.19. The Morgan fingerprint density at radius 3 is 2.34 bits per heavy atom. The Kier molecular flexibility index (Phi) is 7.71. The van der Waals surface area contributed by atoms with Crippen LogP contribution in [0.1, 0.15) is 38.2 Å². The Morgan fingerprint density at radius 2 is 1.78 bits per heavy atom. The second kappa shape index (κ2) is 10.1. The maximum absolute atomic E-state index is 12.4. The predicted octanol–water partition coefficient (Wildman–Crippen LogP) is 2.99. The third-order valence-corrected chi connectivity index (χ3v) is 4.68. The summed E-state index contributed by atoms with van der Waals surface area (Å²) in [5.74, 6) is -2.66. The van der Waals surface area contributed by atoms with Crippen LogP contribution in [0.5, 0.6) is 0 Å². The molecule has 4 N–H and O–H groups in total. The number of aliphatic carboxylic acids is 1. The Morgan fingerprint density at radius 1 is 1.16 bits per heavy atom. The first-order valence-corrected chi connectivity index (χ1v) is 10.3. The van der Waals surface area contributed by atoms with Crippen molar-refractivity contribution < 1.29 is 29.0 Å². The van der Waals surface area contributed by atoms with Crippen molar-refractivity contribution in [3.63, 3.8) is 0 Å². The quantitative estimate of drug-likeness (QED) is 0.464. The lowest BCUT2D eigenvalue weighted by atomic mass is 10.2. The Bertz CT molecular complexity index is 1040. The summed E-state index contributed by atoms with van der Waals surface area (Å²) in [5, 5.41) is 18.0. The number of nitrogens with one attached hydrogen (secondary N) is 3. The van der Waals surface area contributed by atoms with E-state index in [4.69, 9.17) is 9.84 Å². The highest BCUT2D eigenvalue weighted by molar-refractivity contribution is 7.13. The van der Waals surface area contributed by atoms with Crippen LogP contribution in [-0.4, -0.2) is 45.6 Å². The van der Waals surface area contributed by atoms with E-state index < -0.39 is 41.2 Å². The second-order valence-corrected chi connectivity index (χ2v) is 8.57. The van der Waals surface area contributed by atoms with Crippen molar-refractivity contribution in [3.05, 3.63) is 47.6 Å². The molecule has 10 nitrogen and oxygen atoms in total. The van der Waals surface area contributed by atoms with E-state index in [9.17, 15) is 19.2 Å². The van der Waals surface area contributed by atoms with Gasteiger partial charge in [0.2, 0.25) is 5.91 Å². The molecule has 3 amide bonds. The number of hydrogen-bond acceptors (Lipinski definition) is 7. The minimum absolute atomic E-state index is 0.109. The van der Waals surface area contributed by atoms with E-state index >= 15 is 0 Å². The molecule has 11 heteroatoms. The molecule has 0 saturated heterocycles. The average Bonchev–Trinajstić information content (AvgIpc) is 3.17. The maximum atomic E-state index is 12.4. The van der Waals surface area contributed by atoms with Gasteiger partial charge in [-0.3, -0.25) is 14.9 Å². The molecule has 0 aliphatic heterocycles. The van der Waals surface area contributed by atoms with E-state index in [0.717, 1.165) is 5.56 Å². The molecular formula is C21H24N4O6S. The van der Waals surface area contributed by atoms with Crippen LogP contribution < -0.4 is 16.0 Å². The Labute approximate surface area is 188 Å². The van der Waals surface area contributed by atoms with Crippen LogP contribution in [0.25, 0.3) is 10.6 Å². The highest BCUT2D eigenvalue weighted by Crippen LogP contribution is 2.25. The summed E-state index contributed by atoms with van der Waals surface area (Å²) < 4.78 is 5.20. The summed E-state index contributed by atoms with van der Waals surface area (Å²) in [6.07, 6.45) is -0.566. The fourth-order valence-corrected chi connectivity index (χ4v) is 3.08. The molecule has 1 aromatic carbocycles. The molecule has 0 aliphatic carbocycles. The number of aromatic nitrogens is 1. The van der Waals surface area contributed by atoms with Gasteiger partial charge in [-0.1, -0.05) is 6.58 Å². The smallest absolute Gasteiger partial charge is 0.412 e. The summed E-state index contributed by atoms with van der Waals surface area (Å²) in [5.41, 5.74) is 0.284. The van der Waals surface area contributed by atoms with E-state index in [-0.39, 0.29) is 5.69 Å². The van der Waals surface area contributed by atoms with Gasteiger partial charge in [0.1, 0.15) is 28.0 Å².